The van der Waals surface area contributed by atoms with Gasteiger partial charge in [0.05, 0.1) is 5.56 Å². The predicted molar refractivity (Wildman–Crippen MR) is 84.6 cm³/mol. The number of nitrogens with zero attached hydrogens (tertiary/aromatic N) is 2. The van der Waals surface area contributed by atoms with Gasteiger partial charge in [0.15, 0.2) is 0 Å². The van der Waals surface area contributed by atoms with Crippen molar-refractivity contribution >= 4 is 27.9 Å². The Labute approximate surface area is 127 Å². The van der Waals surface area contributed by atoms with Gasteiger partial charge in [0.2, 0.25) is 5.91 Å². The molecule has 4 nitrogen and oxygen atoms in total. The van der Waals surface area contributed by atoms with Crippen LogP contribution in [0.5, 0.6) is 0 Å². The number of benzene rings is 1. The number of hydrogen-bond acceptors (Lipinski definition) is 4. The Morgan fingerprint density at radius 2 is 2.24 bits per heavy atom. The fourth-order valence-corrected chi connectivity index (χ4v) is 3.31. The van der Waals surface area contributed by atoms with Crippen LogP contribution in [0.25, 0.3) is 0 Å². The SMILES string of the molecule is N#Cc1ccsc1NC(=O)CCN1CCc2ccccc21. The highest BCUT2D eigenvalue weighted by atomic mass is 32.1. The first-order chi connectivity index (χ1) is 10.3. The number of para-hydroxylation sites is 1. The van der Waals surface area contributed by atoms with Crippen LogP contribution in [0, 0.1) is 11.3 Å². The molecule has 2 heterocycles. The van der Waals surface area contributed by atoms with E-state index in [0.29, 0.717) is 23.5 Å². The van der Waals surface area contributed by atoms with E-state index in [1.54, 1.807) is 6.07 Å². The van der Waals surface area contributed by atoms with Crippen LogP contribution < -0.4 is 10.2 Å². The topological polar surface area (TPSA) is 56.1 Å². The lowest BCUT2D eigenvalue weighted by atomic mass is 10.2. The van der Waals surface area contributed by atoms with Crippen molar-refractivity contribution in [1.29, 1.82) is 5.26 Å². The van der Waals surface area contributed by atoms with Gasteiger partial charge in [0, 0.05) is 25.2 Å². The van der Waals surface area contributed by atoms with Crippen LogP contribution in [0.2, 0.25) is 0 Å². The molecule has 0 radical (unpaired) electrons. The van der Waals surface area contributed by atoms with E-state index in [-0.39, 0.29) is 5.91 Å². The number of rotatable bonds is 4. The van der Waals surface area contributed by atoms with Gasteiger partial charge in [-0.3, -0.25) is 4.79 Å². The van der Waals surface area contributed by atoms with Crippen LogP contribution in [0.1, 0.15) is 17.5 Å². The van der Waals surface area contributed by atoms with Gasteiger partial charge in [-0.1, -0.05) is 18.2 Å². The second-order valence-electron chi connectivity index (χ2n) is 4.94. The number of thiophene rings is 1. The molecule has 1 aliphatic rings. The summed E-state index contributed by atoms with van der Waals surface area (Å²) in [5.74, 6) is -0.0432. The summed E-state index contributed by atoms with van der Waals surface area (Å²) in [6.45, 7) is 1.67. The Balaban J connectivity index is 1.57. The Kier molecular flexibility index (Phi) is 3.89. The van der Waals surface area contributed by atoms with Crippen LogP contribution >= 0.6 is 11.3 Å². The normalized spacial score (nSPS) is 12.8. The van der Waals surface area contributed by atoms with E-state index >= 15 is 0 Å². The third kappa shape index (κ3) is 2.91. The number of amides is 1. The molecule has 1 aliphatic heterocycles. The van der Waals surface area contributed by atoms with Crippen molar-refractivity contribution in [1.82, 2.24) is 0 Å². The minimum Gasteiger partial charge on any atom is -0.370 e. The molecule has 0 spiro atoms. The highest BCUT2D eigenvalue weighted by Gasteiger charge is 2.19. The molecule has 3 rings (SSSR count). The molecule has 21 heavy (non-hydrogen) atoms. The molecule has 1 aromatic heterocycles. The number of nitriles is 1. The molecular formula is C16H15N3OS. The first-order valence-corrected chi connectivity index (χ1v) is 7.76. The maximum Gasteiger partial charge on any atom is 0.226 e. The number of hydrogen-bond donors (Lipinski definition) is 1. The smallest absolute Gasteiger partial charge is 0.226 e. The molecule has 0 atom stereocenters. The van der Waals surface area contributed by atoms with Crippen molar-refractivity contribution in [2.45, 2.75) is 12.8 Å². The average molecular weight is 297 g/mol. The van der Waals surface area contributed by atoms with E-state index in [0.717, 1.165) is 13.0 Å². The van der Waals surface area contributed by atoms with Crippen molar-refractivity contribution in [2.75, 3.05) is 23.3 Å². The van der Waals surface area contributed by atoms with E-state index in [4.69, 9.17) is 5.26 Å². The Morgan fingerprint density at radius 1 is 1.38 bits per heavy atom. The van der Waals surface area contributed by atoms with Crippen LogP contribution in [-0.4, -0.2) is 19.0 Å². The van der Waals surface area contributed by atoms with E-state index in [2.05, 4.69) is 34.5 Å². The molecule has 0 saturated heterocycles. The average Bonchev–Trinajstić information content (AvgIpc) is 3.11. The van der Waals surface area contributed by atoms with Gasteiger partial charge in [-0.25, -0.2) is 0 Å². The fourth-order valence-electron chi connectivity index (χ4n) is 2.56. The van der Waals surface area contributed by atoms with Crippen molar-refractivity contribution in [2.24, 2.45) is 0 Å². The van der Waals surface area contributed by atoms with Gasteiger partial charge in [-0.05, 0) is 29.5 Å². The maximum absolute atomic E-state index is 12.0. The lowest BCUT2D eigenvalue weighted by Crippen LogP contribution is -2.26. The summed E-state index contributed by atoms with van der Waals surface area (Å²) in [5, 5.41) is 14.2. The third-order valence-corrected chi connectivity index (χ3v) is 4.46. The highest BCUT2D eigenvalue weighted by molar-refractivity contribution is 7.14. The van der Waals surface area contributed by atoms with E-state index in [1.165, 1.54) is 22.6 Å². The van der Waals surface area contributed by atoms with Crippen LogP contribution in [0.4, 0.5) is 10.7 Å². The highest BCUT2D eigenvalue weighted by Crippen LogP contribution is 2.27. The molecule has 0 unspecified atom stereocenters. The summed E-state index contributed by atoms with van der Waals surface area (Å²) in [7, 11) is 0. The summed E-state index contributed by atoms with van der Waals surface area (Å²) in [5.41, 5.74) is 3.11. The summed E-state index contributed by atoms with van der Waals surface area (Å²) in [6.07, 6.45) is 1.47. The van der Waals surface area contributed by atoms with Gasteiger partial charge in [-0.15, -0.1) is 11.3 Å². The molecule has 1 N–H and O–H groups in total. The standard InChI is InChI=1S/C16H15N3OS/c17-11-13-7-10-21-16(13)18-15(20)6-9-19-8-5-12-3-1-2-4-14(12)19/h1-4,7,10H,5-6,8-9H2,(H,18,20). The van der Waals surface area contributed by atoms with E-state index < -0.39 is 0 Å². The second kappa shape index (κ2) is 5.98. The zero-order valence-electron chi connectivity index (χ0n) is 11.5. The fraction of sp³-hybridized carbons (Fsp3) is 0.250. The summed E-state index contributed by atoms with van der Waals surface area (Å²) in [4.78, 5) is 14.3. The lowest BCUT2D eigenvalue weighted by molar-refractivity contribution is -0.116. The van der Waals surface area contributed by atoms with Crippen molar-refractivity contribution in [3.63, 3.8) is 0 Å². The Morgan fingerprint density at radius 3 is 3.10 bits per heavy atom. The van der Waals surface area contributed by atoms with Crippen molar-refractivity contribution < 1.29 is 4.79 Å². The van der Waals surface area contributed by atoms with Crippen LogP contribution in [0.3, 0.4) is 0 Å². The molecule has 0 fully saturated rings. The third-order valence-electron chi connectivity index (χ3n) is 3.63. The number of carbonyl (C=O) groups is 1. The van der Waals surface area contributed by atoms with Crippen LogP contribution in [-0.2, 0) is 11.2 Å². The molecule has 106 valence electrons. The largest absolute Gasteiger partial charge is 0.370 e. The molecule has 0 bridgehead atoms. The van der Waals surface area contributed by atoms with Crippen molar-refractivity contribution in [3.05, 3.63) is 46.8 Å². The maximum atomic E-state index is 12.0. The zero-order chi connectivity index (χ0) is 14.7. The molecular weight excluding hydrogens is 282 g/mol. The first kappa shape index (κ1) is 13.7. The molecule has 0 saturated carbocycles. The second-order valence-corrected chi connectivity index (χ2v) is 5.86. The molecule has 1 aromatic carbocycles. The van der Waals surface area contributed by atoms with Gasteiger partial charge < -0.3 is 10.2 Å². The summed E-state index contributed by atoms with van der Waals surface area (Å²) < 4.78 is 0. The summed E-state index contributed by atoms with van der Waals surface area (Å²) in [6, 6.07) is 12.1. The Bertz CT molecular complexity index is 702. The molecule has 5 heteroatoms. The zero-order valence-corrected chi connectivity index (χ0v) is 12.3. The Hall–Kier alpha value is -2.32. The number of carbonyl (C=O) groups excluding carboxylic acids is 1. The number of anilines is 2. The number of nitrogens with one attached hydrogen (secondary N) is 1. The van der Waals surface area contributed by atoms with Crippen molar-refractivity contribution in [3.8, 4) is 6.07 Å². The first-order valence-electron chi connectivity index (χ1n) is 6.88. The number of fused-ring (bicyclic) bond motifs is 1. The van der Waals surface area contributed by atoms with Gasteiger partial charge in [0.25, 0.3) is 0 Å². The lowest BCUT2D eigenvalue weighted by Gasteiger charge is -2.18. The molecule has 1 amide bonds. The van der Waals surface area contributed by atoms with Crippen LogP contribution in [0.15, 0.2) is 35.7 Å². The quantitative estimate of drug-likeness (QED) is 0.943. The van der Waals surface area contributed by atoms with Gasteiger partial charge >= 0.3 is 0 Å². The predicted octanol–water partition coefficient (Wildman–Crippen LogP) is 3.01. The minimum atomic E-state index is -0.0432. The van der Waals surface area contributed by atoms with Gasteiger partial charge in [0.1, 0.15) is 11.1 Å². The minimum absolute atomic E-state index is 0.0432. The monoisotopic (exact) mass is 297 g/mol. The molecule has 0 aliphatic carbocycles. The van der Waals surface area contributed by atoms with Gasteiger partial charge in [-0.2, -0.15) is 5.26 Å². The summed E-state index contributed by atoms with van der Waals surface area (Å²) >= 11 is 1.38. The van der Waals surface area contributed by atoms with E-state index in [1.807, 2.05) is 11.4 Å². The van der Waals surface area contributed by atoms with E-state index in [9.17, 15) is 4.79 Å². The molecule has 2 aromatic rings.